The third-order valence-corrected chi connectivity index (χ3v) is 3.80. The molecular formula is C15H23N3O. The Morgan fingerprint density at radius 2 is 2.11 bits per heavy atom. The maximum atomic E-state index is 12.1. The fourth-order valence-electron chi connectivity index (χ4n) is 2.65. The third kappa shape index (κ3) is 3.94. The monoisotopic (exact) mass is 261 g/mol. The molecule has 0 unspecified atom stereocenters. The predicted octanol–water partition coefficient (Wildman–Crippen LogP) is 2.54. The van der Waals surface area contributed by atoms with Gasteiger partial charge in [0.1, 0.15) is 5.82 Å². The Morgan fingerprint density at radius 1 is 1.37 bits per heavy atom. The minimum absolute atomic E-state index is 0.0330. The molecule has 0 bridgehead atoms. The Bertz CT molecular complexity index is 439. The summed E-state index contributed by atoms with van der Waals surface area (Å²) in [5.41, 5.74) is 7.21. The molecule has 104 valence electrons. The van der Waals surface area contributed by atoms with E-state index < -0.39 is 0 Å². The Morgan fingerprint density at radius 3 is 2.79 bits per heavy atom. The molecule has 1 aliphatic carbocycles. The van der Waals surface area contributed by atoms with Gasteiger partial charge in [0, 0.05) is 17.8 Å². The molecule has 0 radical (unpaired) electrons. The maximum Gasteiger partial charge on any atom is 0.251 e. The van der Waals surface area contributed by atoms with Crippen molar-refractivity contribution in [3.8, 4) is 0 Å². The first-order chi connectivity index (χ1) is 9.19. The van der Waals surface area contributed by atoms with E-state index in [4.69, 9.17) is 5.73 Å². The van der Waals surface area contributed by atoms with Crippen LogP contribution in [0.3, 0.4) is 0 Å². The second-order valence-corrected chi connectivity index (χ2v) is 5.34. The summed E-state index contributed by atoms with van der Waals surface area (Å²) >= 11 is 0. The van der Waals surface area contributed by atoms with E-state index in [1.807, 2.05) is 13.0 Å². The van der Waals surface area contributed by atoms with Gasteiger partial charge in [0.05, 0.1) is 0 Å². The molecule has 3 N–H and O–H groups in total. The smallest absolute Gasteiger partial charge is 0.251 e. The van der Waals surface area contributed by atoms with E-state index in [0.717, 1.165) is 18.7 Å². The van der Waals surface area contributed by atoms with Crippen molar-refractivity contribution in [2.24, 2.45) is 5.92 Å². The van der Waals surface area contributed by atoms with Crippen LogP contribution in [0.1, 0.15) is 55.1 Å². The summed E-state index contributed by atoms with van der Waals surface area (Å²) in [4.78, 5) is 16.3. The molecule has 0 aliphatic heterocycles. The minimum Gasteiger partial charge on any atom is -0.384 e. The normalized spacial score (nSPS) is 16.3. The fourth-order valence-corrected chi connectivity index (χ4v) is 2.65. The van der Waals surface area contributed by atoms with Crippen molar-refractivity contribution >= 4 is 11.7 Å². The molecule has 1 aromatic heterocycles. The van der Waals surface area contributed by atoms with E-state index in [-0.39, 0.29) is 5.91 Å². The first-order valence-electron chi connectivity index (χ1n) is 7.23. The molecule has 2 rings (SSSR count). The molecule has 19 heavy (non-hydrogen) atoms. The standard InChI is InChI=1S/C15H23N3O/c1-2-13-8-12(9-14(16)18-13)15(19)17-10-11-6-4-3-5-7-11/h8-9,11H,2-7,10H2,1H3,(H2,16,18)(H,17,19). The van der Waals surface area contributed by atoms with Crippen molar-refractivity contribution in [2.75, 3.05) is 12.3 Å². The van der Waals surface area contributed by atoms with Crippen LogP contribution in [0.5, 0.6) is 0 Å². The summed E-state index contributed by atoms with van der Waals surface area (Å²) in [7, 11) is 0. The van der Waals surface area contributed by atoms with Crippen LogP contribution in [-0.4, -0.2) is 17.4 Å². The molecule has 1 aliphatic rings. The topological polar surface area (TPSA) is 68.0 Å². The quantitative estimate of drug-likeness (QED) is 0.875. The van der Waals surface area contributed by atoms with Crippen LogP contribution in [-0.2, 0) is 6.42 Å². The highest BCUT2D eigenvalue weighted by atomic mass is 16.1. The third-order valence-electron chi connectivity index (χ3n) is 3.80. The van der Waals surface area contributed by atoms with E-state index >= 15 is 0 Å². The summed E-state index contributed by atoms with van der Waals surface area (Å²) in [6.07, 6.45) is 7.18. The van der Waals surface area contributed by atoms with Crippen molar-refractivity contribution in [3.05, 3.63) is 23.4 Å². The molecule has 1 fully saturated rings. The van der Waals surface area contributed by atoms with E-state index in [2.05, 4.69) is 10.3 Å². The molecule has 0 saturated heterocycles. The van der Waals surface area contributed by atoms with Gasteiger partial charge in [-0.2, -0.15) is 0 Å². The predicted molar refractivity (Wildman–Crippen MR) is 76.9 cm³/mol. The second kappa shape index (κ2) is 6.55. The number of amides is 1. The lowest BCUT2D eigenvalue weighted by atomic mass is 9.89. The van der Waals surface area contributed by atoms with Crippen molar-refractivity contribution in [3.63, 3.8) is 0 Å². The average Bonchev–Trinajstić information content (AvgIpc) is 2.45. The Kier molecular flexibility index (Phi) is 4.77. The number of pyridine rings is 1. The van der Waals surface area contributed by atoms with Crippen LogP contribution in [0.2, 0.25) is 0 Å². The van der Waals surface area contributed by atoms with Crippen LogP contribution in [0.15, 0.2) is 12.1 Å². The number of carbonyl (C=O) groups is 1. The van der Waals surface area contributed by atoms with Gasteiger partial charge in [0.2, 0.25) is 0 Å². The Hall–Kier alpha value is -1.58. The van der Waals surface area contributed by atoms with Crippen LogP contribution in [0.25, 0.3) is 0 Å². The van der Waals surface area contributed by atoms with E-state index in [9.17, 15) is 4.79 Å². The van der Waals surface area contributed by atoms with E-state index in [1.165, 1.54) is 32.1 Å². The van der Waals surface area contributed by atoms with Crippen molar-refractivity contribution in [1.82, 2.24) is 10.3 Å². The highest BCUT2D eigenvalue weighted by Crippen LogP contribution is 2.22. The van der Waals surface area contributed by atoms with Gasteiger partial charge in [-0.05, 0) is 37.3 Å². The summed E-state index contributed by atoms with van der Waals surface area (Å²) < 4.78 is 0. The second-order valence-electron chi connectivity index (χ2n) is 5.34. The van der Waals surface area contributed by atoms with Crippen molar-refractivity contribution in [2.45, 2.75) is 45.4 Å². The van der Waals surface area contributed by atoms with E-state index in [1.54, 1.807) is 6.07 Å². The molecule has 1 aromatic rings. The highest BCUT2D eigenvalue weighted by Gasteiger charge is 2.15. The van der Waals surface area contributed by atoms with Gasteiger partial charge in [-0.3, -0.25) is 4.79 Å². The molecule has 4 heteroatoms. The van der Waals surface area contributed by atoms with Gasteiger partial charge in [-0.15, -0.1) is 0 Å². The number of nitrogens with two attached hydrogens (primary N) is 1. The van der Waals surface area contributed by atoms with Gasteiger partial charge < -0.3 is 11.1 Å². The number of anilines is 1. The molecule has 1 heterocycles. The fraction of sp³-hybridized carbons (Fsp3) is 0.600. The number of nitrogen functional groups attached to an aromatic ring is 1. The van der Waals surface area contributed by atoms with E-state index in [0.29, 0.717) is 17.3 Å². The lowest BCUT2D eigenvalue weighted by molar-refractivity contribution is 0.0943. The number of nitrogens with zero attached hydrogens (tertiary/aromatic N) is 1. The molecule has 0 aromatic carbocycles. The van der Waals surface area contributed by atoms with Crippen molar-refractivity contribution in [1.29, 1.82) is 0 Å². The summed E-state index contributed by atoms with van der Waals surface area (Å²) in [6.45, 7) is 2.79. The van der Waals surface area contributed by atoms with Gasteiger partial charge in [-0.1, -0.05) is 26.2 Å². The number of rotatable bonds is 4. The van der Waals surface area contributed by atoms with Crippen LogP contribution in [0, 0.1) is 5.92 Å². The molecule has 0 spiro atoms. The average molecular weight is 261 g/mol. The molecular weight excluding hydrogens is 238 g/mol. The number of hydrogen-bond donors (Lipinski definition) is 2. The molecule has 0 atom stereocenters. The zero-order valence-electron chi connectivity index (χ0n) is 11.6. The largest absolute Gasteiger partial charge is 0.384 e. The minimum atomic E-state index is -0.0330. The number of carbonyl (C=O) groups excluding carboxylic acids is 1. The SMILES string of the molecule is CCc1cc(C(=O)NCC2CCCCC2)cc(N)n1. The number of aromatic nitrogens is 1. The van der Waals surface area contributed by atoms with Gasteiger partial charge in [0.15, 0.2) is 0 Å². The first-order valence-corrected chi connectivity index (χ1v) is 7.23. The lowest BCUT2D eigenvalue weighted by Crippen LogP contribution is -2.30. The zero-order valence-corrected chi connectivity index (χ0v) is 11.6. The number of aryl methyl sites for hydroxylation is 1. The highest BCUT2D eigenvalue weighted by molar-refractivity contribution is 5.94. The molecule has 1 saturated carbocycles. The number of hydrogen-bond acceptors (Lipinski definition) is 3. The Balaban J connectivity index is 1.93. The van der Waals surface area contributed by atoms with Crippen LogP contribution >= 0.6 is 0 Å². The van der Waals surface area contributed by atoms with Gasteiger partial charge in [0.25, 0.3) is 5.91 Å². The molecule has 1 amide bonds. The van der Waals surface area contributed by atoms with Crippen LogP contribution in [0.4, 0.5) is 5.82 Å². The molecule has 4 nitrogen and oxygen atoms in total. The van der Waals surface area contributed by atoms with Crippen molar-refractivity contribution < 1.29 is 4.79 Å². The lowest BCUT2D eigenvalue weighted by Gasteiger charge is -2.21. The van der Waals surface area contributed by atoms with Crippen LogP contribution < -0.4 is 11.1 Å². The zero-order chi connectivity index (χ0) is 13.7. The maximum absolute atomic E-state index is 12.1. The summed E-state index contributed by atoms with van der Waals surface area (Å²) in [6, 6.07) is 3.47. The number of nitrogens with one attached hydrogen (secondary N) is 1. The summed E-state index contributed by atoms with van der Waals surface area (Å²) in [5.74, 6) is 1.03. The van der Waals surface area contributed by atoms with Gasteiger partial charge >= 0.3 is 0 Å². The Labute approximate surface area is 114 Å². The van der Waals surface area contributed by atoms with Gasteiger partial charge in [-0.25, -0.2) is 4.98 Å². The first kappa shape index (κ1) is 13.8. The summed E-state index contributed by atoms with van der Waals surface area (Å²) in [5, 5.41) is 3.02.